The Kier molecular flexibility index (Phi) is 8.42. The first-order valence-corrected chi connectivity index (χ1v) is 17.1. The van der Waals surface area contributed by atoms with Gasteiger partial charge in [-0.1, -0.05) is 157 Å². The van der Waals surface area contributed by atoms with E-state index in [1.54, 1.807) is 4.90 Å². The molecule has 8 rings (SSSR count). The molecule has 6 heteroatoms. The van der Waals surface area contributed by atoms with Crippen LogP contribution in [0.1, 0.15) is 39.9 Å². The maximum absolute atomic E-state index is 13.8. The fourth-order valence-electron chi connectivity index (χ4n) is 6.99. The highest BCUT2D eigenvalue weighted by molar-refractivity contribution is 6.12. The number of carbonyl (C=O) groups excluding carboxylic acids is 1. The molecule has 0 fully saturated rings. The summed E-state index contributed by atoms with van der Waals surface area (Å²) in [7, 11) is 1.41. The molecule has 0 saturated carbocycles. The third-order valence-corrected chi connectivity index (χ3v) is 9.59. The Morgan fingerprint density at radius 2 is 1.12 bits per heavy atom. The molecular weight excluding hydrogens is 629 g/mol. The zero-order valence-corrected chi connectivity index (χ0v) is 28.7. The Balaban J connectivity index is 1.33. The highest BCUT2D eigenvalue weighted by Crippen LogP contribution is 2.45. The lowest BCUT2D eigenvalue weighted by Crippen LogP contribution is -2.38. The minimum Gasteiger partial charge on any atom is -0.452 e. The van der Waals surface area contributed by atoms with E-state index in [-0.39, 0.29) is 6.04 Å². The van der Waals surface area contributed by atoms with Crippen LogP contribution >= 0.6 is 0 Å². The Bertz CT molecular complexity index is 2390. The number of amides is 1. The Labute approximate surface area is 297 Å². The summed E-state index contributed by atoms with van der Waals surface area (Å²) in [5.41, 5.74) is 12.4. The van der Waals surface area contributed by atoms with E-state index in [1.165, 1.54) is 18.2 Å². The van der Waals surface area contributed by atoms with Crippen molar-refractivity contribution in [3.63, 3.8) is 0 Å². The molecule has 248 valence electrons. The largest absolute Gasteiger partial charge is 0.452 e. The van der Waals surface area contributed by atoms with Crippen LogP contribution in [-0.4, -0.2) is 33.9 Å². The van der Waals surface area contributed by atoms with E-state index in [0.29, 0.717) is 11.5 Å². The highest BCUT2D eigenvalue weighted by Gasteiger charge is 2.43. The van der Waals surface area contributed by atoms with Gasteiger partial charge in [0.1, 0.15) is 11.9 Å². The highest BCUT2D eigenvalue weighted by atomic mass is 16.5. The summed E-state index contributed by atoms with van der Waals surface area (Å²) in [6.07, 6.45) is 1.35. The molecule has 1 aliphatic rings. The van der Waals surface area contributed by atoms with Crippen LogP contribution in [0.15, 0.2) is 157 Å². The second kappa shape index (κ2) is 13.5. The van der Waals surface area contributed by atoms with Gasteiger partial charge in [0.15, 0.2) is 0 Å². The van der Waals surface area contributed by atoms with Crippen LogP contribution < -0.4 is 0 Å². The number of nitrogens with zero attached hydrogens (tertiary/aromatic N) is 4. The molecule has 0 radical (unpaired) electrons. The molecule has 1 aliphatic heterocycles. The fourth-order valence-corrected chi connectivity index (χ4v) is 6.99. The number of aliphatic imine (C=N–C) groups is 1. The van der Waals surface area contributed by atoms with Crippen LogP contribution in [0.2, 0.25) is 0 Å². The van der Waals surface area contributed by atoms with Crippen molar-refractivity contribution in [2.45, 2.75) is 25.9 Å². The average molecular weight is 665 g/mol. The molecule has 0 aliphatic carbocycles. The van der Waals surface area contributed by atoms with E-state index in [2.05, 4.69) is 86.6 Å². The van der Waals surface area contributed by atoms with Gasteiger partial charge in [0, 0.05) is 22.3 Å². The minimum atomic E-state index is -0.482. The number of methoxy groups -OCH3 is 1. The maximum atomic E-state index is 13.8. The zero-order valence-electron chi connectivity index (χ0n) is 28.7. The molecule has 1 amide bonds. The zero-order chi connectivity index (χ0) is 34.9. The Morgan fingerprint density at radius 1 is 0.588 bits per heavy atom. The van der Waals surface area contributed by atoms with E-state index in [9.17, 15) is 4.79 Å². The number of carbonyl (C=O) groups is 1. The Hall–Kier alpha value is -6.40. The SMILES string of the molecule is COC(=O)N1C(c2ccccc2-c2cnc3c(-c4ccc(C)cc4)ccc(-c4ccc(C)cc4)c3n2)=N[C@@H](c2ccccc2)[C@@H]1c1ccccc1. The number of benzene rings is 6. The number of ether oxygens (including phenoxy) is 1. The summed E-state index contributed by atoms with van der Waals surface area (Å²) in [6.45, 7) is 4.18. The van der Waals surface area contributed by atoms with E-state index in [4.69, 9.17) is 19.7 Å². The van der Waals surface area contributed by atoms with Gasteiger partial charge in [-0.3, -0.25) is 14.9 Å². The molecule has 0 bridgehead atoms. The number of amidine groups is 1. The van der Waals surface area contributed by atoms with E-state index in [1.807, 2.05) is 79.0 Å². The molecule has 0 saturated heterocycles. The number of rotatable bonds is 6. The van der Waals surface area contributed by atoms with Gasteiger partial charge in [-0.25, -0.2) is 9.78 Å². The van der Waals surface area contributed by atoms with Crippen molar-refractivity contribution < 1.29 is 9.53 Å². The smallest absolute Gasteiger partial charge is 0.415 e. The minimum absolute atomic E-state index is 0.358. The third-order valence-electron chi connectivity index (χ3n) is 9.59. The van der Waals surface area contributed by atoms with Gasteiger partial charge in [-0.2, -0.15) is 0 Å². The number of fused-ring (bicyclic) bond motifs is 1. The first kappa shape index (κ1) is 31.8. The summed E-state index contributed by atoms with van der Waals surface area (Å²) >= 11 is 0. The monoisotopic (exact) mass is 664 g/mol. The molecule has 1 aromatic heterocycles. The van der Waals surface area contributed by atoms with Crippen molar-refractivity contribution in [3.8, 4) is 33.5 Å². The lowest BCUT2D eigenvalue weighted by Gasteiger charge is -2.28. The van der Waals surface area contributed by atoms with Crippen LogP contribution in [0.4, 0.5) is 4.79 Å². The second-order valence-electron chi connectivity index (χ2n) is 12.9. The quantitative estimate of drug-likeness (QED) is 0.177. The van der Waals surface area contributed by atoms with Crippen molar-refractivity contribution in [3.05, 3.63) is 180 Å². The molecular formula is C45H36N4O2. The summed E-state index contributed by atoms with van der Waals surface area (Å²) in [5.74, 6) is 0.522. The number of hydrogen-bond acceptors (Lipinski definition) is 5. The lowest BCUT2D eigenvalue weighted by atomic mass is 9.94. The van der Waals surface area contributed by atoms with E-state index in [0.717, 1.165) is 55.5 Å². The number of aromatic nitrogens is 2. The van der Waals surface area contributed by atoms with Crippen LogP contribution in [0.3, 0.4) is 0 Å². The Morgan fingerprint density at radius 3 is 1.71 bits per heavy atom. The van der Waals surface area contributed by atoms with Crippen LogP contribution in [0, 0.1) is 13.8 Å². The number of hydrogen-bond donors (Lipinski definition) is 0. The number of aryl methyl sites for hydroxylation is 2. The standard InChI is InChI=1S/C45H36N4O2/c1-29-18-22-31(23-19-29)35-26-27-36(32-24-20-30(2)21-25-32)42-41(35)46-28-39(47-42)37-16-10-11-17-38(37)44-48-40(33-12-6-4-7-13-33)43(49(44)45(50)51-3)34-14-8-5-9-15-34/h4-28,40,43H,1-3H3/t40-,43-/m0/s1. The summed E-state index contributed by atoms with van der Waals surface area (Å²) in [4.78, 5) is 31.3. The van der Waals surface area contributed by atoms with Crippen LogP contribution in [0.5, 0.6) is 0 Å². The first-order chi connectivity index (χ1) is 25.0. The van der Waals surface area contributed by atoms with Crippen molar-refractivity contribution in [2.24, 2.45) is 4.99 Å². The predicted octanol–water partition coefficient (Wildman–Crippen LogP) is 10.6. The van der Waals surface area contributed by atoms with E-state index < -0.39 is 12.1 Å². The van der Waals surface area contributed by atoms with Gasteiger partial charge in [0.2, 0.25) is 0 Å². The average Bonchev–Trinajstić information content (AvgIpc) is 3.59. The summed E-state index contributed by atoms with van der Waals surface area (Å²) < 4.78 is 5.44. The molecule has 6 nitrogen and oxygen atoms in total. The molecule has 0 N–H and O–H groups in total. The van der Waals surface area contributed by atoms with Gasteiger partial charge < -0.3 is 4.74 Å². The van der Waals surface area contributed by atoms with Gasteiger partial charge in [-0.15, -0.1) is 0 Å². The molecule has 7 aromatic rings. The lowest BCUT2D eigenvalue weighted by molar-refractivity contribution is 0.134. The van der Waals surface area contributed by atoms with E-state index >= 15 is 0 Å². The molecule has 6 aromatic carbocycles. The summed E-state index contributed by atoms with van der Waals surface area (Å²) in [6, 6.07) is 48.6. The van der Waals surface area contributed by atoms with Gasteiger partial charge in [0.05, 0.1) is 36.1 Å². The predicted molar refractivity (Wildman–Crippen MR) is 204 cm³/mol. The maximum Gasteiger partial charge on any atom is 0.415 e. The molecule has 2 heterocycles. The second-order valence-corrected chi connectivity index (χ2v) is 12.9. The van der Waals surface area contributed by atoms with Crippen molar-refractivity contribution in [2.75, 3.05) is 7.11 Å². The van der Waals surface area contributed by atoms with Crippen LogP contribution in [-0.2, 0) is 4.74 Å². The topological polar surface area (TPSA) is 67.7 Å². The van der Waals surface area contributed by atoms with Crippen molar-refractivity contribution in [1.82, 2.24) is 14.9 Å². The van der Waals surface area contributed by atoms with Crippen molar-refractivity contribution >= 4 is 23.0 Å². The van der Waals surface area contributed by atoms with Crippen molar-refractivity contribution in [1.29, 1.82) is 0 Å². The first-order valence-electron chi connectivity index (χ1n) is 17.1. The molecule has 0 spiro atoms. The third kappa shape index (κ3) is 5.95. The van der Waals surface area contributed by atoms with Gasteiger partial charge >= 0.3 is 6.09 Å². The normalized spacial score (nSPS) is 15.5. The molecule has 2 atom stereocenters. The van der Waals surface area contributed by atoms with Gasteiger partial charge in [-0.05, 0) is 36.1 Å². The molecule has 51 heavy (non-hydrogen) atoms. The van der Waals surface area contributed by atoms with Gasteiger partial charge in [0.25, 0.3) is 0 Å². The summed E-state index contributed by atoms with van der Waals surface area (Å²) in [5, 5.41) is 0. The fraction of sp³-hybridized carbons (Fsp3) is 0.111. The molecule has 0 unspecified atom stereocenters. The van der Waals surface area contributed by atoms with Crippen LogP contribution in [0.25, 0.3) is 44.5 Å².